The molecule has 0 amide bonds. The molecule has 0 aromatic heterocycles. The number of benzene rings is 2. The fraction of sp³-hybridized carbons (Fsp3) is 0.594. The summed E-state index contributed by atoms with van der Waals surface area (Å²) in [5.74, 6) is 0. The predicted octanol–water partition coefficient (Wildman–Crippen LogP) is 6.53. The molecule has 37 heavy (non-hydrogen) atoms. The van der Waals surface area contributed by atoms with E-state index in [-0.39, 0.29) is 29.4 Å². The highest BCUT2D eigenvalue weighted by Gasteiger charge is 2.57. The van der Waals surface area contributed by atoms with Crippen molar-refractivity contribution >= 4 is 18.7 Å². The van der Waals surface area contributed by atoms with E-state index in [0.29, 0.717) is 6.61 Å². The Labute approximate surface area is 225 Å². The Balaban J connectivity index is 1.71. The van der Waals surface area contributed by atoms with Crippen LogP contribution in [-0.2, 0) is 13.9 Å². The molecule has 200 valence electrons. The van der Waals surface area contributed by atoms with Crippen LogP contribution in [0.3, 0.4) is 0 Å². The monoisotopic (exact) mass is 519 g/mol. The Bertz CT molecular complexity index is 992. The van der Waals surface area contributed by atoms with Crippen LogP contribution in [-0.4, -0.2) is 44.9 Å². The van der Waals surface area contributed by atoms with E-state index in [0.717, 1.165) is 32.1 Å². The normalized spacial score (nSPS) is 26.9. The average molecular weight is 520 g/mol. The van der Waals surface area contributed by atoms with Crippen LogP contribution in [0.5, 0.6) is 0 Å². The van der Waals surface area contributed by atoms with Crippen LogP contribution in [0.25, 0.3) is 4.85 Å². The molecule has 4 nitrogen and oxygen atoms in total. The molecule has 0 aliphatic carbocycles. The molecule has 2 heterocycles. The van der Waals surface area contributed by atoms with E-state index < -0.39 is 13.9 Å². The van der Waals surface area contributed by atoms with Gasteiger partial charge in [0.05, 0.1) is 24.9 Å². The molecule has 2 aliphatic rings. The maximum Gasteiger partial charge on any atom is 0.261 e. The quantitative estimate of drug-likeness (QED) is 0.264. The molecule has 2 aliphatic heterocycles. The van der Waals surface area contributed by atoms with Gasteiger partial charge in [-0.25, -0.2) is 6.57 Å². The lowest BCUT2D eigenvalue weighted by Crippen LogP contribution is -2.68. The summed E-state index contributed by atoms with van der Waals surface area (Å²) >= 11 is 0. The van der Waals surface area contributed by atoms with Crippen LogP contribution < -0.4 is 10.4 Å². The van der Waals surface area contributed by atoms with Crippen molar-refractivity contribution in [1.29, 1.82) is 0 Å². The Morgan fingerprint density at radius 3 is 2.19 bits per heavy atom. The molecule has 0 N–H and O–H groups in total. The van der Waals surface area contributed by atoms with E-state index in [2.05, 4.69) is 93.2 Å². The number of hydrogen-bond donors (Lipinski definition) is 0. The van der Waals surface area contributed by atoms with Gasteiger partial charge < -0.3 is 18.7 Å². The van der Waals surface area contributed by atoms with Crippen molar-refractivity contribution in [3.63, 3.8) is 0 Å². The molecule has 0 saturated carbocycles. The third kappa shape index (κ3) is 5.88. The lowest BCUT2D eigenvalue weighted by atomic mass is 9.85. The van der Waals surface area contributed by atoms with Gasteiger partial charge in [0.2, 0.25) is 6.04 Å². The predicted molar refractivity (Wildman–Crippen MR) is 154 cm³/mol. The van der Waals surface area contributed by atoms with Crippen LogP contribution in [0, 0.1) is 6.57 Å². The van der Waals surface area contributed by atoms with E-state index in [1.54, 1.807) is 0 Å². The van der Waals surface area contributed by atoms with Gasteiger partial charge >= 0.3 is 0 Å². The van der Waals surface area contributed by atoms with Gasteiger partial charge in [0.25, 0.3) is 8.32 Å². The first-order valence-corrected chi connectivity index (χ1v) is 16.1. The topological polar surface area (TPSA) is 32.0 Å². The zero-order chi connectivity index (χ0) is 26.5. The smallest absolute Gasteiger partial charge is 0.261 e. The summed E-state index contributed by atoms with van der Waals surface area (Å²) in [4.78, 5) is 3.76. The summed E-state index contributed by atoms with van der Waals surface area (Å²) in [5.41, 5.74) is -0.462. The summed E-state index contributed by atoms with van der Waals surface area (Å²) in [6, 6.07) is 21.7. The van der Waals surface area contributed by atoms with E-state index in [1.165, 1.54) is 23.2 Å². The van der Waals surface area contributed by atoms with Crippen molar-refractivity contribution in [1.82, 2.24) is 0 Å². The first-order valence-electron chi connectivity index (χ1n) is 14.2. The highest BCUT2D eigenvalue weighted by atomic mass is 28.4. The van der Waals surface area contributed by atoms with Crippen molar-refractivity contribution in [3.8, 4) is 0 Å². The van der Waals surface area contributed by atoms with Crippen molar-refractivity contribution in [2.45, 2.75) is 115 Å². The summed E-state index contributed by atoms with van der Waals surface area (Å²) in [5, 5.41) is 2.49. The van der Waals surface area contributed by atoms with Gasteiger partial charge in [-0.05, 0) is 34.7 Å². The zero-order valence-corrected chi connectivity index (χ0v) is 24.4. The molecule has 2 aromatic rings. The number of rotatable bonds is 10. The lowest BCUT2D eigenvalue weighted by Gasteiger charge is -2.47. The summed E-state index contributed by atoms with van der Waals surface area (Å²) in [6.07, 6.45) is 7.32. The third-order valence-electron chi connectivity index (χ3n) is 8.32. The van der Waals surface area contributed by atoms with Gasteiger partial charge in [-0.1, -0.05) is 101 Å². The van der Waals surface area contributed by atoms with E-state index in [9.17, 15) is 0 Å². The summed E-state index contributed by atoms with van der Waals surface area (Å²) < 4.78 is 21.1. The number of ether oxygens (including phenoxy) is 2. The molecular weight excluding hydrogens is 474 g/mol. The van der Waals surface area contributed by atoms with Crippen molar-refractivity contribution in [2.24, 2.45) is 0 Å². The minimum Gasteiger partial charge on any atom is -0.404 e. The van der Waals surface area contributed by atoms with Crippen molar-refractivity contribution < 1.29 is 13.9 Å². The molecule has 0 bridgehead atoms. The number of unbranched alkanes of at least 4 members (excludes halogenated alkanes) is 1. The number of hydrogen-bond acceptors (Lipinski definition) is 3. The van der Waals surface area contributed by atoms with E-state index in [1.807, 2.05) is 6.92 Å². The fourth-order valence-corrected chi connectivity index (χ4v) is 11.1. The van der Waals surface area contributed by atoms with Gasteiger partial charge in [0, 0.05) is 19.8 Å². The second kappa shape index (κ2) is 11.8. The number of fused-ring (bicyclic) bond motifs is 1. The molecule has 2 saturated heterocycles. The Kier molecular flexibility index (Phi) is 8.96. The van der Waals surface area contributed by atoms with Gasteiger partial charge in [-0.15, -0.1) is 0 Å². The first kappa shape index (κ1) is 28.0. The van der Waals surface area contributed by atoms with E-state index in [4.69, 9.17) is 20.5 Å². The largest absolute Gasteiger partial charge is 0.404 e. The SMILES string of the molecule is [C-]#[N+][C@H](C)CC1CC[C@@H]2O[C@@H](CCCC)C[C@]2(CO[Si](c2ccccc2)(c2ccccc2)C(C)(C)C)O1. The maximum absolute atomic E-state index is 7.48. The third-order valence-corrected chi connectivity index (χ3v) is 13.3. The van der Waals surface area contributed by atoms with Crippen molar-refractivity contribution in [3.05, 3.63) is 72.1 Å². The highest BCUT2D eigenvalue weighted by molar-refractivity contribution is 6.99. The van der Waals surface area contributed by atoms with Crippen LogP contribution in [0.1, 0.15) is 79.6 Å². The molecule has 1 unspecified atom stereocenters. The van der Waals surface area contributed by atoms with Gasteiger partial charge in [0.1, 0.15) is 5.60 Å². The summed E-state index contributed by atoms with van der Waals surface area (Å²) in [7, 11) is -2.69. The Morgan fingerprint density at radius 2 is 1.65 bits per heavy atom. The zero-order valence-electron chi connectivity index (χ0n) is 23.4. The van der Waals surface area contributed by atoms with Gasteiger partial charge in [-0.3, -0.25) is 0 Å². The van der Waals surface area contributed by atoms with Gasteiger partial charge in [-0.2, -0.15) is 0 Å². The molecule has 4 rings (SSSR count). The van der Waals surface area contributed by atoms with Crippen LogP contribution in [0.2, 0.25) is 5.04 Å². The van der Waals surface area contributed by atoms with Crippen LogP contribution in [0.4, 0.5) is 0 Å². The molecule has 2 fully saturated rings. The van der Waals surface area contributed by atoms with E-state index >= 15 is 0 Å². The molecule has 0 radical (unpaired) electrons. The second-order valence-electron chi connectivity index (χ2n) is 12.1. The number of nitrogens with zero attached hydrogens (tertiary/aromatic N) is 1. The maximum atomic E-state index is 7.48. The second-order valence-corrected chi connectivity index (χ2v) is 16.4. The molecule has 2 aromatic carbocycles. The average Bonchev–Trinajstić information content (AvgIpc) is 3.26. The Morgan fingerprint density at radius 1 is 1.03 bits per heavy atom. The van der Waals surface area contributed by atoms with Crippen LogP contribution in [0.15, 0.2) is 60.7 Å². The standard InChI is InChI=1S/C32H45NO3Si/c1-7-8-15-27-23-32(30(35-27)21-20-26(36-32)22-25(2)33-6)24-34-37(31(3,4)5,28-16-11-9-12-17-28)29-18-13-10-14-19-29/h9-14,16-19,25-27,30H,7-8,15,20-24H2,1-5H3/t25-,26?,27+,30+,32-/m1/s1. The summed E-state index contributed by atoms with van der Waals surface area (Å²) in [6.45, 7) is 19.2. The molecule has 5 heteroatoms. The molecule has 0 spiro atoms. The van der Waals surface area contributed by atoms with Gasteiger partial charge in [0.15, 0.2) is 0 Å². The molecule has 5 atom stereocenters. The Hall–Kier alpha value is -1.97. The lowest BCUT2D eigenvalue weighted by molar-refractivity contribution is -0.181. The minimum atomic E-state index is -2.69. The van der Waals surface area contributed by atoms with Crippen molar-refractivity contribution in [2.75, 3.05) is 6.61 Å². The minimum absolute atomic E-state index is 0.0330. The fourth-order valence-electron chi connectivity index (χ4n) is 6.48. The first-order chi connectivity index (χ1) is 17.7. The van der Waals surface area contributed by atoms with Crippen LogP contribution >= 0.6 is 0 Å². The highest BCUT2D eigenvalue weighted by Crippen LogP contribution is 2.46. The molecular formula is C32H45NO3Si.